The summed E-state index contributed by atoms with van der Waals surface area (Å²) in [7, 11) is 0. The van der Waals surface area contributed by atoms with Crippen molar-refractivity contribution < 1.29 is 4.79 Å². The van der Waals surface area contributed by atoms with Gasteiger partial charge in [-0.15, -0.1) is 0 Å². The molecule has 0 spiro atoms. The largest absolute Gasteiger partial charge is 0.305 e. The van der Waals surface area contributed by atoms with Gasteiger partial charge >= 0.3 is 0 Å². The van der Waals surface area contributed by atoms with E-state index in [2.05, 4.69) is 144 Å². The number of hydrogen-bond donors (Lipinski definition) is 1. The van der Waals surface area contributed by atoms with E-state index in [0.29, 0.717) is 6.04 Å². The fraction of sp³-hybridized carbons (Fsp3) is 0.375. The molecule has 0 amide bonds. The number of aldehydes is 1. The number of hydrogen-bond acceptors (Lipinski definition) is 4. The minimum atomic E-state index is -0.401. The van der Waals surface area contributed by atoms with E-state index < -0.39 is 5.41 Å². The predicted molar refractivity (Wildman–Crippen MR) is 183 cm³/mol. The molecule has 1 heterocycles. The van der Waals surface area contributed by atoms with Crippen molar-refractivity contribution in [3.63, 3.8) is 0 Å². The third kappa shape index (κ3) is 7.55. The number of benzene rings is 4. The van der Waals surface area contributed by atoms with Crippen LogP contribution in [-0.2, 0) is 16.6 Å². The summed E-state index contributed by atoms with van der Waals surface area (Å²) < 4.78 is 0. The Balaban J connectivity index is 1.27. The monoisotopic (exact) mass is 587 g/mol. The first kappa shape index (κ1) is 31.8. The SMILES string of the molecule is CCN(CCCCCN1CCNC(C=O)C1)C(C)Cc1ccc(C(c2ccccc2)(c2ccccc2)c2ccccc2)cc1. The van der Waals surface area contributed by atoms with Gasteiger partial charge in [-0.25, -0.2) is 0 Å². The zero-order valence-electron chi connectivity index (χ0n) is 26.6. The maximum atomic E-state index is 11.1. The average Bonchev–Trinajstić information content (AvgIpc) is 3.09. The Morgan fingerprint density at radius 2 is 1.34 bits per heavy atom. The van der Waals surface area contributed by atoms with E-state index in [1.165, 1.54) is 47.1 Å². The molecule has 5 rings (SSSR count). The summed E-state index contributed by atoms with van der Waals surface area (Å²) in [5.41, 5.74) is 6.09. The lowest BCUT2D eigenvalue weighted by molar-refractivity contribution is -0.110. The van der Waals surface area contributed by atoms with Crippen LogP contribution in [-0.4, -0.2) is 67.4 Å². The molecule has 1 aliphatic rings. The van der Waals surface area contributed by atoms with Gasteiger partial charge in [0.2, 0.25) is 0 Å². The van der Waals surface area contributed by atoms with Crippen LogP contribution < -0.4 is 5.32 Å². The van der Waals surface area contributed by atoms with Crippen LogP contribution in [0.2, 0.25) is 0 Å². The molecule has 1 saturated heterocycles. The molecule has 0 bridgehead atoms. The molecule has 4 heteroatoms. The molecular weight excluding hydrogens is 538 g/mol. The zero-order chi connectivity index (χ0) is 30.6. The molecule has 0 aromatic heterocycles. The Morgan fingerprint density at radius 1 is 0.795 bits per heavy atom. The first-order chi connectivity index (χ1) is 21.6. The number of nitrogens with one attached hydrogen (secondary N) is 1. The zero-order valence-corrected chi connectivity index (χ0v) is 26.6. The molecule has 1 aliphatic heterocycles. The number of unbranched alkanes of at least 4 members (excludes halogenated alkanes) is 2. The Bertz CT molecular complexity index is 1290. The lowest BCUT2D eigenvalue weighted by Gasteiger charge is -2.37. The highest BCUT2D eigenvalue weighted by atomic mass is 16.1. The number of rotatable bonds is 15. The van der Waals surface area contributed by atoms with Gasteiger partial charge in [0.15, 0.2) is 0 Å². The normalized spacial score (nSPS) is 16.6. The van der Waals surface area contributed by atoms with Gasteiger partial charge in [0.1, 0.15) is 6.29 Å². The second-order valence-electron chi connectivity index (χ2n) is 12.3. The second kappa shape index (κ2) is 15.9. The van der Waals surface area contributed by atoms with Gasteiger partial charge in [-0.3, -0.25) is 0 Å². The maximum absolute atomic E-state index is 11.1. The molecule has 2 atom stereocenters. The van der Waals surface area contributed by atoms with Crippen molar-refractivity contribution in [2.75, 3.05) is 39.3 Å². The average molecular weight is 588 g/mol. The van der Waals surface area contributed by atoms with Crippen molar-refractivity contribution in [1.29, 1.82) is 0 Å². The Labute approximate surface area is 265 Å². The third-order valence-electron chi connectivity index (χ3n) is 9.44. The molecule has 1 fully saturated rings. The van der Waals surface area contributed by atoms with Gasteiger partial charge in [0, 0.05) is 25.7 Å². The number of carbonyl (C=O) groups excluding carboxylic acids is 1. The lowest BCUT2D eigenvalue weighted by atomic mass is 9.65. The standard InChI is InChI=1S/C40H49N3O/c1-3-43(28-15-7-14-27-42-29-26-41-39(31-42)32-44)33(2)30-34-22-24-38(25-23-34)40(35-16-8-4-9-17-35,36-18-10-5-11-19-36)37-20-12-6-13-21-37/h4-6,8-13,16-25,32-33,39,41H,3,7,14-15,26-31H2,1-2H3. The molecular formula is C40H49N3O. The van der Waals surface area contributed by atoms with Crippen LogP contribution >= 0.6 is 0 Å². The fourth-order valence-electron chi connectivity index (χ4n) is 7.08. The number of likely N-dealkylation sites (N-methyl/N-ethyl adjacent to an activating group) is 1. The maximum Gasteiger partial charge on any atom is 0.138 e. The summed E-state index contributed by atoms with van der Waals surface area (Å²) in [5, 5.41) is 3.27. The summed E-state index contributed by atoms with van der Waals surface area (Å²) in [6.07, 6.45) is 5.73. The molecule has 4 aromatic carbocycles. The van der Waals surface area contributed by atoms with Crippen molar-refractivity contribution >= 4 is 6.29 Å². The molecule has 230 valence electrons. The van der Waals surface area contributed by atoms with Crippen LogP contribution in [0.1, 0.15) is 60.9 Å². The van der Waals surface area contributed by atoms with Gasteiger partial charge < -0.3 is 19.9 Å². The Kier molecular flexibility index (Phi) is 11.5. The minimum Gasteiger partial charge on any atom is -0.305 e. The highest BCUT2D eigenvalue weighted by Gasteiger charge is 2.38. The first-order valence-corrected chi connectivity index (χ1v) is 16.6. The van der Waals surface area contributed by atoms with Crippen LogP contribution in [0.25, 0.3) is 0 Å². The Hall–Kier alpha value is -3.57. The smallest absolute Gasteiger partial charge is 0.138 e. The van der Waals surface area contributed by atoms with Crippen molar-refractivity contribution in [2.45, 2.75) is 57.0 Å². The first-order valence-electron chi connectivity index (χ1n) is 16.6. The van der Waals surface area contributed by atoms with Crippen molar-refractivity contribution in [2.24, 2.45) is 0 Å². The molecule has 2 unspecified atom stereocenters. The minimum absolute atomic E-state index is 0.000633. The molecule has 4 aromatic rings. The van der Waals surface area contributed by atoms with E-state index in [1.54, 1.807) is 0 Å². The van der Waals surface area contributed by atoms with E-state index in [4.69, 9.17) is 0 Å². The fourth-order valence-corrected chi connectivity index (χ4v) is 7.08. The highest BCUT2D eigenvalue weighted by molar-refractivity contribution is 5.60. The highest BCUT2D eigenvalue weighted by Crippen LogP contribution is 2.45. The summed E-state index contributed by atoms with van der Waals surface area (Å²) in [5.74, 6) is 0. The Morgan fingerprint density at radius 3 is 1.86 bits per heavy atom. The lowest BCUT2D eigenvalue weighted by Crippen LogP contribution is -2.51. The van der Waals surface area contributed by atoms with Gasteiger partial charge in [-0.05, 0) is 73.6 Å². The second-order valence-corrected chi connectivity index (χ2v) is 12.3. The predicted octanol–water partition coefficient (Wildman–Crippen LogP) is 6.97. The number of carbonyl (C=O) groups is 1. The quantitative estimate of drug-likeness (QED) is 0.0926. The summed E-state index contributed by atoms with van der Waals surface area (Å²) >= 11 is 0. The third-order valence-corrected chi connectivity index (χ3v) is 9.44. The van der Waals surface area contributed by atoms with E-state index in [0.717, 1.165) is 52.0 Å². The molecule has 1 N–H and O–H groups in total. The van der Waals surface area contributed by atoms with E-state index in [9.17, 15) is 4.79 Å². The van der Waals surface area contributed by atoms with E-state index in [1.807, 2.05) is 0 Å². The molecule has 44 heavy (non-hydrogen) atoms. The molecule has 0 saturated carbocycles. The van der Waals surface area contributed by atoms with Gasteiger partial charge in [0.05, 0.1) is 11.5 Å². The van der Waals surface area contributed by atoms with E-state index in [-0.39, 0.29) is 6.04 Å². The summed E-state index contributed by atoms with van der Waals surface area (Å²) in [4.78, 5) is 16.2. The van der Waals surface area contributed by atoms with Crippen molar-refractivity contribution in [3.05, 3.63) is 143 Å². The van der Waals surface area contributed by atoms with Crippen molar-refractivity contribution in [3.8, 4) is 0 Å². The number of nitrogens with zero attached hydrogens (tertiary/aromatic N) is 2. The molecule has 4 nitrogen and oxygen atoms in total. The topological polar surface area (TPSA) is 35.6 Å². The van der Waals surface area contributed by atoms with Crippen LogP contribution in [0.5, 0.6) is 0 Å². The van der Waals surface area contributed by atoms with Crippen molar-refractivity contribution in [1.82, 2.24) is 15.1 Å². The van der Waals surface area contributed by atoms with Crippen LogP contribution in [0.15, 0.2) is 115 Å². The van der Waals surface area contributed by atoms with Crippen LogP contribution in [0.3, 0.4) is 0 Å². The van der Waals surface area contributed by atoms with E-state index >= 15 is 0 Å². The van der Waals surface area contributed by atoms with Gasteiger partial charge in [-0.1, -0.05) is 129 Å². The summed E-state index contributed by atoms with van der Waals surface area (Å²) in [6, 6.07) is 42.7. The summed E-state index contributed by atoms with van der Waals surface area (Å²) in [6.45, 7) is 10.8. The molecule has 0 radical (unpaired) electrons. The van der Waals surface area contributed by atoms with Gasteiger partial charge in [-0.2, -0.15) is 0 Å². The molecule has 0 aliphatic carbocycles. The van der Waals surface area contributed by atoms with Gasteiger partial charge in [0.25, 0.3) is 0 Å². The van der Waals surface area contributed by atoms with Crippen LogP contribution in [0.4, 0.5) is 0 Å². The van der Waals surface area contributed by atoms with Crippen LogP contribution in [0, 0.1) is 0 Å². The number of piperazine rings is 1.